The van der Waals surface area contributed by atoms with Gasteiger partial charge in [0.2, 0.25) is 0 Å². The van der Waals surface area contributed by atoms with Crippen molar-refractivity contribution in [3.63, 3.8) is 0 Å². The fraction of sp³-hybridized carbons (Fsp3) is 0.179. The van der Waals surface area contributed by atoms with Crippen molar-refractivity contribution in [3.8, 4) is 0 Å². The zero-order valence-corrected chi connectivity index (χ0v) is 20.5. The topological polar surface area (TPSA) is 20.2 Å². The lowest BCUT2D eigenvalue weighted by Crippen LogP contribution is -2.35. The maximum Gasteiger partial charge on any atom is 0.174 e. The Morgan fingerprint density at radius 2 is 1.52 bits per heavy atom. The van der Waals surface area contributed by atoms with Crippen LogP contribution >= 0.6 is 23.8 Å². The van der Waals surface area contributed by atoms with E-state index in [1.807, 2.05) is 18.2 Å². The molecular formula is C28H28ClN3S. The molecule has 3 nitrogen and oxygen atoms in total. The lowest BCUT2D eigenvalue weighted by atomic mass is 10.1. The second-order valence-electron chi connectivity index (χ2n) is 8.29. The highest BCUT2D eigenvalue weighted by Crippen LogP contribution is 2.22. The van der Waals surface area contributed by atoms with Gasteiger partial charge in [-0.25, -0.2) is 0 Å². The Morgan fingerprint density at radius 1 is 0.818 bits per heavy atom. The molecule has 33 heavy (non-hydrogen) atoms. The fourth-order valence-corrected chi connectivity index (χ4v) is 4.29. The third-order valence-corrected chi connectivity index (χ3v) is 6.37. The monoisotopic (exact) mass is 473 g/mol. The molecule has 4 aromatic rings. The summed E-state index contributed by atoms with van der Waals surface area (Å²) in [5, 5.41) is 4.99. The van der Waals surface area contributed by atoms with Crippen LogP contribution in [-0.4, -0.2) is 14.6 Å². The third kappa shape index (κ3) is 6.04. The molecule has 0 fully saturated rings. The van der Waals surface area contributed by atoms with Crippen LogP contribution in [0.2, 0.25) is 5.02 Å². The molecule has 0 amide bonds. The summed E-state index contributed by atoms with van der Waals surface area (Å²) in [5.74, 6) is 0. The number of para-hydroxylation sites is 1. The summed E-state index contributed by atoms with van der Waals surface area (Å²) < 4.78 is 2.27. The smallest absolute Gasteiger partial charge is 0.174 e. The van der Waals surface area contributed by atoms with Crippen molar-refractivity contribution in [2.75, 3.05) is 5.32 Å². The van der Waals surface area contributed by atoms with E-state index in [0.29, 0.717) is 6.54 Å². The van der Waals surface area contributed by atoms with Gasteiger partial charge in [-0.2, -0.15) is 0 Å². The van der Waals surface area contributed by atoms with E-state index in [-0.39, 0.29) is 0 Å². The van der Waals surface area contributed by atoms with Gasteiger partial charge in [-0.05, 0) is 72.6 Å². The van der Waals surface area contributed by atoms with Crippen LogP contribution in [0.25, 0.3) is 0 Å². The molecule has 3 aromatic carbocycles. The van der Waals surface area contributed by atoms with Crippen LogP contribution in [0.5, 0.6) is 0 Å². The molecule has 0 aliphatic carbocycles. The summed E-state index contributed by atoms with van der Waals surface area (Å²) in [6.45, 7) is 6.43. The number of nitrogens with zero attached hydrogens (tertiary/aromatic N) is 2. The third-order valence-electron chi connectivity index (χ3n) is 5.76. The van der Waals surface area contributed by atoms with Gasteiger partial charge < -0.3 is 14.8 Å². The van der Waals surface area contributed by atoms with Crippen molar-refractivity contribution in [1.29, 1.82) is 0 Å². The standard InChI is InChI=1S/C28H28ClN3S/c1-21-8-6-9-22(2)27(21)30-28(33)32(19-23-10-4-3-5-11-23)20-26-12-7-17-31(26)18-24-13-15-25(29)16-14-24/h3-17H,18-20H2,1-2H3,(H,30,33). The molecule has 0 bridgehead atoms. The second kappa shape index (κ2) is 10.7. The molecule has 0 aliphatic rings. The maximum absolute atomic E-state index is 6.06. The number of benzene rings is 3. The van der Waals surface area contributed by atoms with Crippen LogP contribution in [0.3, 0.4) is 0 Å². The summed E-state index contributed by atoms with van der Waals surface area (Å²) in [4.78, 5) is 2.23. The van der Waals surface area contributed by atoms with Crippen LogP contribution in [0.4, 0.5) is 5.69 Å². The number of halogens is 1. The van der Waals surface area contributed by atoms with Gasteiger partial charge in [0.05, 0.1) is 6.54 Å². The van der Waals surface area contributed by atoms with Gasteiger partial charge in [0.25, 0.3) is 0 Å². The van der Waals surface area contributed by atoms with Crippen molar-refractivity contribution in [1.82, 2.24) is 9.47 Å². The average Bonchev–Trinajstić information content (AvgIpc) is 3.24. The minimum Gasteiger partial charge on any atom is -0.345 e. The van der Waals surface area contributed by atoms with Crippen LogP contribution < -0.4 is 5.32 Å². The molecule has 0 saturated carbocycles. The van der Waals surface area contributed by atoms with Crippen molar-refractivity contribution < 1.29 is 0 Å². The number of hydrogen-bond acceptors (Lipinski definition) is 1. The highest BCUT2D eigenvalue weighted by Gasteiger charge is 2.15. The Bertz CT molecular complexity index is 1200. The molecular weight excluding hydrogens is 446 g/mol. The summed E-state index contributed by atoms with van der Waals surface area (Å²) in [6.07, 6.45) is 2.12. The van der Waals surface area contributed by atoms with E-state index in [1.54, 1.807) is 0 Å². The zero-order valence-electron chi connectivity index (χ0n) is 19.0. The van der Waals surface area contributed by atoms with Crippen molar-refractivity contribution in [2.24, 2.45) is 0 Å². The molecule has 4 rings (SSSR count). The summed E-state index contributed by atoms with van der Waals surface area (Å²) >= 11 is 12.0. The molecule has 0 saturated heterocycles. The number of anilines is 1. The van der Waals surface area contributed by atoms with E-state index in [4.69, 9.17) is 23.8 Å². The molecule has 168 valence electrons. The first-order valence-electron chi connectivity index (χ1n) is 11.0. The number of rotatable bonds is 7. The minimum absolute atomic E-state index is 0.701. The normalized spacial score (nSPS) is 10.8. The number of aryl methyl sites for hydroxylation is 2. The molecule has 0 radical (unpaired) electrons. The van der Waals surface area contributed by atoms with E-state index in [1.165, 1.54) is 27.9 Å². The van der Waals surface area contributed by atoms with E-state index >= 15 is 0 Å². The number of hydrogen-bond donors (Lipinski definition) is 1. The zero-order chi connectivity index (χ0) is 23.2. The first-order chi connectivity index (χ1) is 16.0. The van der Waals surface area contributed by atoms with Gasteiger partial charge in [-0.15, -0.1) is 0 Å². The van der Waals surface area contributed by atoms with Crippen LogP contribution in [0.15, 0.2) is 91.1 Å². The Hall–Kier alpha value is -3.08. The molecule has 1 aromatic heterocycles. The highest BCUT2D eigenvalue weighted by molar-refractivity contribution is 7.80. The number of aromatic nitrogens is 1. The van der Waals surface area contributed by atoms with Gasteiger partial charge in [0.15, 0.2) is 5.11 Å². The molecule has 0 atom stereocenters. The SMILES string of the molecule is Cc1cccc(C)c1NC(=S)N(Cc1ccccc1)Cc1cccn1Cc1ccc(Cl)cc1. The molecule has 5 heteroatoms. The van der Waals surface area contributed by atoms with Crippen LogP contribution in [-0.2, 0) is 19.6 Å². The van der Waals surface area contributed by atoms with Crippen molar-refractivity contribution in [3.05, 3.63) is 124 Å². The highest BCUT2D eigenvalue weighted by atomic mass is 35.5. The molecule has 1 heterocycles. The predicted molar refractivity (Wildman–Crippen MR) is 143 cm³/mol. The molecule has 0 aliphatic heterocycles. The fourth-order valence-electron chi connectivity index (χ4n) is 3.93. The van der Waals surface area contributed by atoms with Gasteiger partial charge in [0.1, 0.15) is 0 Å². The summed E-state index contributed by atoms with van der Waals surface area (Å²) in [5.41, 5.74) is 7.08. The minimum atomic E-state index is 0.701. The van der Waals surface area contributed by atoms with Crippen molar-refractivity contribution in [2.45, 2.75) is 33.5 Å². The van der Waals surface area contributed by atoms with Gasteiger partial charge in [0, 0.05) is 35.7 Å². The van der Waals surface area contributed by atoms with Crippen molar-refractivity contribution >= 4 is 34.6 Å². The van der Waals surface area contributed by atoms with Crippen LogP contribution in [0.1, 0.15) is 27.9 Å². The Labute approximate surface area is 206 Å². The Balaban J connectivity index is 1.57. The number of thiocarbonyl (C=S) groups is 1. The first kappa shape index (κ1) is 23.1. The lowest BCUT2D eigenvalue weighted by Gasteiger charge is -2.28. The van der Waals surface area contributed by atoms with Gasteiger partial charge in [-0.1, -0.05) is 72.3 Å². The summed E-state index contributed by atoms with van der Waals surface area (Å²) in [6, 6.07) is 29.0. The maximum atomic E-state index is 6.06. The van der Waals surface area contributed by atoms with E-state index < -0.39 is 0 Å². The van der Waals surface area contributed by atoms with E-state index in [0.717, 1.165) is 28.9 Å². The Morgan fingerprint density at radius 3 is 2.21 bits per heavy atom. The van der Waals surface area contributed by atoms with E-state index in [9.17, 15) is 0 Å². The van der Waals surface area contributed by atoms with Gasteiger partial charge >= 0.3 is 0 Å². The largest absolute Gasteiger partial charge is 0.345 e. The quantitative estimate of drug-likeness (QED) is 0.286. The molecule has 0 unspecified atom stereocenters. The Kier molecular flexibility index (Phi) is 7.48. The first-order valence-corrected chi connectivity index (χ1v) is 11.8. The predicted octanol–water partition coefficient (Wildman–Crippen LogP) is 7.21. The number of nitrogens with one attached hydrogen (secondary N) is 1. The van der Waals surface area contributed by atoms with Crippen LogP contribution in [0, 0.1) is 13.8 Å². The summed E-state index contributed by atoms with van der Waals surface area (Å²) in [7, 11) is 0. The molecule has 1 N–H and O–H groups in total. The molecule has 0 spiro atoms. The average molecular weight is 474 g/mol. The second-order valence-corrected chi connectivity index (χ2v) is 9.12. The van der Waals surface area contributed by atoms with Gasteiger partial charge in [-0.3, -0.25) is 0 Å². The van der Waals surface area contributed by atoms with E-state index in [2.05, 4.69) is 102 Å². The lowest BCUT2D eigenvalue weighted by molar-refractivity contribution is 0.399.